The van der Waals surface area contributed by atoms with E-state index in [-0.39, 0.29) is 12.1 Å². The second-order valence-electron chi connectivity index (χ2n) is 6.18. The van der Waals surface area contributed by atoms with Crippen molar-refractivity contribution in [3.63, 3.8) is 0 Å². The van der Waals surface area contributed by atoms with Crippen molar-refractivity contribution in [2.45, 2.75) is 57.4 Å². The standard InChI is InChI=1S/C17H24N4O2/c1-2-3-11-23-17(22)18-14-8-6-7-13(12-14)16-20-19-15-9-4-5-10-21(15)16/h4-5,9-10,13-14H,2-3,6-8,11-12H2,1H3,(H,18,22)/t13-,14+/m0/s1. The Balaban J connectivity index is 1.61. The number of pyridine rings is 1. The minimum atomic E-state index is -0.296. The number of unbranched alkanes of at least 4 members (excludes halogenated alkanes) is 1. The Morgan fingerprint density at radius 1 is 1.39 bits per heavy atom. The lowest BCUT2D eigenvalue weighted by atomic mass is 9.85. The monoisotopic (exact) mass is 316 g/mol. The molecule has 0 aliphatic heterocycles. The van der Waals surface area contributed by atoms with Gasteiger partial charge in [-0.15, -0.1) is 10.2 Å². The van der Waals surface area contributed by atoms with Crippen LogP contribution in [0.15, 0.2) is 24.4 Å². The molecule has 0 radical (unpaired) electrons. The quantitative estimate of drug-likeness (QED) is 0.860. The zero-order valence-corrected chi connectivity index (χ0v) is 13.6. The lowest BCUT2D eigenvalue weighted by Crippen LogP contribution is -2.38. The van der Waals surface area contributed by atoms with Gasteiger partial charge in [0.05, 0.1) is 6.61 Å². The molecule has 0 aromatic carbocycles. The van der Waals surface area contributed by atoms with Crippen LogP contribution in [-0.4, -0.2) is 33.3 Å². The van der Waals surface area contributed by atoms with Gasteiger partial charge in [-0.25, -0.2) is 4.79 Å². The molecule has 3 rings (SSSR count). The summed E-state index contributed by atoms with van der Waals surface area (Å²) in [4.78, 5) is 11.8. The number of ether oxygens (including phenoxy) is 1. The number of fused-ring (bicyclic) bond motifs is 1. The molecule has 23 heavy (non-hydrogen) atoms. The number of aromatic nitrogens is 3. The van der Waals surface area contributed by atoms with E-state index < -0.39 is 0 Å². The molecule has 0 spiro atoms. The Labute approximate surface area is 136 Å². The number of nitrogens with one attached hydrogen (secondary N) is 1. The number of carbonyl (C=O) groups is 1. The van der Waals surface area contributed by atoms with Gasteiger partial charge < -0.3 is 10.1 Å². The first kappa shape index (κ1) is 15.8. The SMILES string of the molecule is CCCCOC(=O)N[C@@H]1CCC[C@H](c2nnc3ccccn23)C1. The summed E-state index contributed by atoms with van der Waals surface area (Å²) in [6.45, 7) is 2.57. The molecular weight excluding hydrogens is 292 g/mol. The van der Waals surface area contributed by atoms with E-state index in [1.807, 2.05) is 28.8 Å². The van der Waals surface area contributed by atoms with Gasteiger partial charge in [-0.3, -0.25) is 4.40 Å². The maximum absolute atomic E-state index is 11.8. The molecule has 2 aromatic heterocycles. The molecule has 1 N–H and O–H groups in total. The predicted octanol–water partition coefficient (Wildman–Crippen LogP) is 3.28. The van der Waals surface area contributed by atoms with Gasteiger partial charge in [0, 0.05) is 18.2 Å². The molecule has 0 saturated heterocycles. The Kier molecular flexibility index (Phi) is 5.10. The van der Waals surface area contributed by atoms with Gasteiger partial charge in [0.1, 0.15) is 5.82 Å². The summed E-state index contributed by atoms with van der Waals surface area (Å²) in [6, 6.07) is 6.06. The largest absolute Gasteiger partial charge is 0.450 e. The second-order valence-corrected chi connectivity index (χ2v) is 6.18. The second kappa shape index (κ2) is 7.44. The van der Waals surface area contributed by atoms with Crippen LogP contribution in [0.3, 0.4) is 0 Å². The molecule has 1 amide bonds. The summed E-state index contributed by atoms with van der Waals surface area (Å²) < 4.78 is 7.25. The van der Waals surface area contributed by atoms with Crippen molar-refractivity contribution < 1.29 is 9.53 Å². The molecule has 2 heterocycles. The molecule has 2 aromatic rings. The highest BCUT2D eigenvalue weighted by atomic mass is 16.5. The molecular formula is C17H24N4O2. The maximum atomic E-state index is 11.8. The smallest absolute Gasteiger partial charge is 0.407 e. The van der Waals surface area contributed by atoms with Gasteiger partial charge in [0.25, 0.3) is 0 Å². The lowest BCUT2D eigenvalue weighted by Gasteiger charge is -2.28. The summed E-state index contributed by atoms with van der Waals surface area (Å²) >= 11 is 0. The Morgan fingerprint density at radius 3 is 3.17 bits per heavy atom. The van der Waals surface area contributed by atoms with Gasteiger partial charge in [0.2, 0.25) is 0 Å². The molecule has 124 valence electrons. The van der Waals surface area contributed by atoms with Gasteiger partial charge in [0.15, 0.2) is 5.65 Å². The van der Waals surface area contributed by atoms with Crippen molar-refractivity contribution in [2.75, 3.05) is 6.61 Å². The van der Waals surface area contributed by atoms with Crippen LogP contribution in [0.2, 0.25) is 0 Å². The van der Waals surface area contributed by atoms with E-state index in [0.717, 1.165) is 50.0 Å². The Morgan fingerprint density at radius 2 is 2.30 bits per heavy atom. The third-order valence-electron chi connectivity index (χ3n) is 4.43. The summed E-state index contributed by atoms with van der Waals surface area (Å²) in [6.07, 6.45) is 7.68. The van der Waals surface area contributed by atoms with Gasteiger partial charge in [-0.05, 0) is 37.8 Å². The highest BCUT2D eigenvalue weighted by Gasteiger charge is 2.27. The normalized spacial score (nSPS) is 21.3. The van der Waals surface area contributed by atoms with E-state index in [1.54, 1.807) is 0 Å². The fraction of sp³-hybridized carbons (Fsp3) is 0.588. The minimum absolute atomic E-state index is 0.152. The summed E-state index contributed by atoms with van der Waals surface area (Å²) in [7, 11) is 0. The first-order valence-corrected chi connectivity index (χ1v) is 8.51. The van der Waals surface area contributed by atoms with Crippen LogP contribution in [0.4, 0.5) is 4.79 Å². The van der Waals surface area contributed by atoms with Crippen molar-refractivity contribution in [1.82, 2.24) is 19.9 Å². The van der Waals surface area contributed by atoms with Crippen molar-refractivity contribution in [3.8, 4) is 0 Å². The van der Waals surface area contributed by atoms with Crippen LogP contribution in [0.5, 0.6) is 0 Å². The average molecular weight is 316 g/mol. The molecule has 1 fully saturated rings. The first-order chi connectivity index (χ1) is 11.3. The highest BCUT2D eigenvalue weighted by Crippen LogP contribution is 2.32. The zero-order chi connectivity index (χ0) is 16.1. The van der Waals surface area contributed by atoms with E-state index in [4.69, 9.17) is 4.74 Å². The number of hydrogen-bond donors (Lipinski definition) is 1. The summed E-state index contributed by atoms with van der Waals surface area (Å²) in [5.74, 6) is 1.31. The van der Waals surface area contributed by atoms with Crippen LogP contribution in [0.25, 0.3) is 5.65 Å². The molecule has 2 atom stereocenters. The Hall–Kier alpha value is -2.11. The third-order valence-corrected chi connectivity index (χ3v) is 4.43. The van der Waals surface area contributed by atoms with Crippen LogP contribution in [-0.2, 0) is 4.74 Å². The van der Waals surface area contributed by atoms with Crippen molar-refractivity contribution >= 4 is 11.7 Å². The summed E-state index contributed by atoms with van der Waals surface area (Å²) in [5, 5.41) is 11.6. The molecule has 0 bridgehead atoms. The third kappa shape index (κ3) is 3.81. The molecule has 1 aliphatic carbocycles. The van der Waals surface area contributed by atoms with E-state index in [0.29, 0.717) is 12.5 Å². The van der Waals surface area contributed by atoms with E-state index in [1.165, 1.54) is 0 Å². The molecule has 0 unspecified atom stereocenters. The van der Waals surface area contributed by atoms with E-state index in [2.05, 4.69) is 22.4 Å². The predicted molar refractivity (Wildman–Crippen MR) is 87.4 cm³/mol. The zero-order valence-electron chi connectivity index (χ0n) is 13.6. The molecule has 6 heteroatoms. The van der Waals surface area contributed by atoms with Gasteiger partial charge in [-0.1, -0.05) is 25.8 Å². The average Bonchev–Trinajstić information content (AvgIpc) is 2.99. The lowest BCUT2D eigenvalue weighted by molar-refractivity contribution is 0.137. The highest BCUT2D eigenvalue weighted by molar-refractivity contribution is 5.67. The van der Waals surface area contributed by atoms with Gasteiger partial charge in [-0.2, -0.15) is 0 Å². The van der Waals surface area contributed by atoms with E-state index >= 15 is 0 Å². The van der Waals surface area contributed by atoms with E-state index in [9.17, 15) is 4.79 Å². The fourth-order valence-electron chi connectivity index (χ4n) is 3.21. The van der Waals surface area contributed by atoms with Crippen LogP contribution in [0.1, 0.15) is 57.2 Å². The number of nitrogens with zero attached hydrogens (tertiary/aromatic N) is 3. The van der Waals surface area contributed by atoms with Crippen LogP contribution < -0.4 is 5.32 Å². The number of amides is 1. The number of carbonyl (C=O) groups excluding carboxylic acids is 1. The fourth-order valence-corrected chi connectivity index (χ4v) is 3.21. The van der Waals surface area contributed by atoms with Gasteiger partial charge >= 0.3 is 6.09 Å². The summed E-state index contributed by atoms with van der Waals surface area (Å²) in [5.41, 5.74) is 0.872. The van der Waals surface area contributed by atoms with Crippen molar-refractivity contribution in [3.05, 3.63) is 30.2 Å². The first-order valence-electron chi connectivity index (χ1n) is 8.51. The molecule has 6 nitrogen and oxygen atoms in total. The number of rotatable bonds is 5. The minimum Gasteiger partial charge on any atom is -0.450 e. The molecule has 1 aliphatic rings. The van der Waals surface area contributed by atoms with Crippen molar-refractivity contribution in [1.29, 1.82) is 0 Å². The topological polar surface area (TPSA) is 68.5 Å². The maximum Gasteiger partial charge on any atom is 0.407 e. The number of alkyl carbamates (subject to hydrolysis) is 1. The van der Waals surface area contributed by atoms with Crippen molar-refractivity contribution in [2.24, 2.45) is 0 Å². The number of hydrogen-bond acceptors (Lipinski definition) is 4. The molecule has 1 saturated carbocycles. The Bertz CT molecular complexity index is 655. The van der Waals surface area contributed by atoms with Crippen LogP contribution >= 0.6 is 0 Å². The van der Waals surface area contributed by atoms with Crippen LogP contribution in [0, 0.1) is 0 Å².